The van der Waals surface area contributed by atoms with E-state index in [0.29, 0.717) is 16.1 Å². The quantitative estimate of drug-likeness (QED) is 0.464. The molecule has 7 nitrogen and oxygen atoms in total. The molecular weight excluding hydrogens is 392 g/mol. The Bertz CT molecular complexity index is 1030. The summed E-state index contributed by atoms with van der Waals surface area (Å²) in [5.41, 5.74) is 1.13. The standard InChI is InChI=1S/C18H11ClN2O5S/c19-12-5-1-10(2-6-12)14-9-27-17(15(14)18(23)24)20-16(22)11-3-7-13(8-4-11)21(25)26/h1-9H,(H,20,22)(H,23,24). The maximum atomic E-state index is 12.4. The highest BCUT2D eigenvalue weighted by molar-refractivity contribution is 7.15. The Labute approximate surface area is 162 Å². The van der Waals surface area contributed by atoms with Crippen LogP contribution in [0.2, 0.25) is 5.02 Å². The molecule has 0 aliphatic carbocycles. The number of aromatic carboxylic acids is 1. The molecule has 1 aromatic heterocycles. The molecule has 1 heterocycles. The molecule has 0 aliphatic rings. The van der Waals surface area contributed by atoms with Crippen molar-refractivity contribution in [1.82, 2.24) is 0 Å². The molecule has 0 unspecified atom stereocenters. The number of nitrogens with zero attached hydrogens (tertiary/aromatic N) is 1. The van der Waals surface area contributed by atoms with E-state index in [-0.39, 0.29) is 21.8 Å². The summed E-state index contributed by atoms with van der Waals surface area (Å²) in [5.74, 6) is -1.74. The fourth-order valence-corrected chi connectivity index (χ4v) is 3.50. The third-order valence-electron chi connectivity index (χ3n) is 3.73. The molecule has 2 N–H and O–H groups in total. The summed E-state index contributed by atoms with van der Waals surface area (Å²) in [4.78, 5) is 34.2. The third-order valence-corrected chi connectivity index (χ3v) is 4.87. The molecule has 0 saturated heterocycles. The maximum Gasteiger partial charge on any atom is 0.339 e. The van der Waals surface area contributed by atoms with E-state index in [9.17, 15) is 24.8 Å². The van der Waals surface area contributed by atoms with E-state index in [1.807, 2.05) is 0 Å². The Kier molecular flexibility index (Phi) is 5.20. The first-order valence-corrected chi connectivity index (χ1v) is 8.79. The van der Waals surface area contributed by atoms with Gasteiger partial charge in [0.1, 0.15) is 10.6 Å². The molecule has 27 heavy (non-hydrogen) atoms. The molecule has 0 aliphatic heterocycles. The number of nitro groups is 1. The SMILES string of the molecule is O=C(Nc1scc(-c2ccc(Cl)cc2)c1C(=O)O)c1ccc([N+](=O)[O-])cc1. The van der Waals surface area contributed by atoms with E-state index in [1.165, 1.54) is 24.3 Å². The van der Waals surface area contributed by atoms with Crippen LogP contribution in [0.1, 0.15) is 20.7 Å². The number of hydrogen-bond acceptors (Lipinski definition) is 5. The van der Waals surface area contributed by atoms with Gasteiger partial charge >= 0.3 is 5.97 Å². The van der Waals surface area contributed by atoms with Crippen LogP contribution in [0.3, 0.4) is 0 Å². The molecular formula is C18H11ClN2O5S. The van der Waals surface area contributed by atoms with Crippen LogP contribution in [0.5, 0.6) is 0 Å². The number of nitrogens with one attached hydrogen (secondary N) is 1. The molecule has 0 atom stereocenters. The van der Waals surface area contributed by atoms with Crippen LogP contribution < -0.4 is 5.32 Å². The van der Waals surface area contributed by atoms with E-state index < -0.39 is 16.8 Å². The van der Waals surface area contributed by atoms with Crippen LogP contribution in [0, 0.1) is 10.1 Å². The first-order valence-electron chi connectivity index (χ1n) is 7.53. The van der Waals surface area contributed by atoms with Gasteiger partial charge in [-0.25, -0.2) is 4.79 Å². The van der Waals surface area contributed by atoms with Crippen molar-refractivity contribution in [2.45, 2.75) is 0 Å². The number of carbonyl (C=O) groups is 2. The summed E-state index contributed by atoms with van der Waals surface area (Å²) in [6, 6.07) is 11.7. The van der Waals surface area contributed by atoms with Crippen molar-refractivity contribution in [2.24, 2.45) is 0 Å². The lowest BCUT2D eigenvalue weighted by molar-refractivity contribution is -0.384. The van der Waals surface area contributed by atoms with Crippen LogP contribution in [-0.2, 0) is 0 Å². The fourth-order valence-electron chi connectivity index (χ4n) is 2.41. The number of benzene rings is 2. The maximum absolute atomic E-state index is 12.4. The van der Waals surface area contributed by atoms with Crippen LogP contribution >= 0.6 is 22.9 Å². The van der Waals surface area contributed by atoms with Gasteiger partial charge in [0.25, 0.3) is 11.6 Å². The van der Waals surface area contributed by atoms with Gasteiger partial charge in [0.15, 0.2) is 0 Å². The fraction of sp³-hybridized carbons (Fsp3) is 0. The third kappa shape index (κ3) is 3.97. The van der Waals surface area contributed by atoms with Gasteiger partial charge in [0.05, 0.1) is 4.92 Å². The molecule has 9 heteroatoms. The largest absolute Gasteiger partial charge is 0.478 e. The number of hydrogen-bond donors (Lipinski definition) is 2. The molecule has 136 valence electrons. The Morgan fingerprint density at radius 2 is 1.70 bits per heavy atom. The van der Waals surface area contributed by atoms with Crippen LogP contribution in [0.25, 0.3) is 11.1 Å². The number of anilines is 1. The molecule has 1 amide bonds. The van der Waals surface area contributed by atoms with E-state index >= 15 is 0 Å². The van der Waals surface area contributed by atoms with Crippen LogP contribution in [0.15, 0.2) is 53.9 Å². The van der Waals surface area contributed by atoms with Gasteiger partial charge in [0, 0.05) is 33.7 Å². The van der Waals surface area contributed by atoms with E-state index in [1.54, 1.807) is 29.6 Å². The van der Waals surface area contributed by atoms with Gasteiger partial charge in [-0.05, 0) is 29.8 Å². The Morgan fingerprint density at radius 1 is 1.07 bits per heavy atom. The zero-order valence-electron chi connectivity index (χ0n) is 13.5. The van der Waals surface area contributed by atoms with Crippen LogP contribution in [0.4, 0.5) is 10.7 Å². The minimum Gasteiger partial charge on any atom is -0.478 e. The number of carbonyl (C=O) groups excluding carboxylic acids is 1. The summed E-state index contributed by atoms with van der Waals surface area (Å²) in [7, 11) is 0. The zero-order chi connectivity index (χ0) is 19.6. The van der Waals surface area contributed by atoms with E-state index in [0.717, 1.165) is 11.3 Å². The van der Waals surface area contributed by atoms with Crippen molar-refractivity contribution in [2.75, 3.05) is 5.32 Å². The lowest BCUT2D eigenvalue weighted by Crippen LogP contribution is -2.13. The minimum absolute atomic E-state index is 0.0300. The van der Waals surface area contributed by atoms with Crippen LogP contribution in [-0.4, -0.2) is 21.9 Å². The highest BCUT2D eigenvalue weighted by Gasteiger charge is 2.21. The van der Waals surface area contributed by atoms with Crippen molar-refractivity contribution in [3.05, 3.63) is 80.2 Å². The Balaban J connectivity index is 1.90. The van der Waals surface area contributed by atoms with Gasteiger partial charge in [-0.2, -0.15) is 0 Å². The number of halogens is 1. The van der Waals surface area contributed by atoms with Gasteiger partial charge in [-0.15, -0.1) is 11.3 Å². The number of nitro benzene ring substituents is 1. The average Bonchev–Trinajstić information content (AvgIpc) is 3.06. The number of non-ortho nitro benzene ring substituents is 1. The second-order valence-electron chi connectivity index (χ2n) is 5.42. The Hall–Kier alpha value is -3.23. The molecule has 0 saturated carbocycles. The molecule has 3 rings (SSSR count). The highest BCUT2D eigenvalue weighted by atomic mass is 35.5. The van der Waals surface area contributed by atoms with Crippen molar-refractivity contribution in [3.63, 3.8) is 0 Å². The lowest BCUT2D eigenvalue weighted by atomic mass is 10.0. The number of thiophene rings is 1. The minimum atomic E-state index is -1.18. The monoisotopic (exact) mass is 402 g/mol. The summed E-state index contributed by atoms with van der Waals surface area (Å²) < 4.78 is 0. The topological polar surface area (TPSA) is 110 Å². The van der Waals surface area contributed by atoms with E-state index in [4.69, 9.17) is 11.6 Å². The lowest BCUT2D eigenvalue weighted by Gasteiger charge is -2.06. The van der Waals surface area contributed by atoms with Crippen molar-refractivity contribution in [3.8, 4) is 11.1 Å². The predicted molar refractivity (Wildman–Crippen MR) is 103 cm³/mol. The van der Waals surface area contributed by atoms with Crippen molar-refractivity contribution in [1.29, 1.82) is 0 Å². The second-order valence-corrected chi connectivity index (χ2v) is 6.74. The summed E-state index contributed by atoms with van der Waals surface area (Å²) >= 11 is 6.94. The van der Waals surface area contributed by atoms with E-state index in [2.05, 4.69) is 5.32 Å². The van der Waals surface area contributed by atoms with Crippen molar-refractivity contribution >= 4 is 45.5 Å². The molecule has 2 aromatic carbocycles. The first-order chi connectivity index (χ1) is 12.9. The zero-order valence-corrected chi connectivity index (χ0v) is 15.1. The summed E-state index contributed by atoms with van der Waals surface area (Å²) in [6.45, 7) is 0. The predicted octanol–water partition coefficient (Wildman–Crippen LogP) is 4.93. The van der Waals surface area contributed by atoms with Gasteiger partial charge in [-0.3, -0.25) is 14.9 Å². The van der Waals surface area contributed by atoms with Gasteiger partial charge < -0.3 is 10.4 Å². The van der Waals surface area contributed by atoms with Crippen molar-refractivity contribution < 1.29 is 19.6 Å². The summed E-state index contributed by atoms with van der Waals surface area (Å²) in [6.07, 6.45) is 0. The number of rotatable bonds is 5. The number of carboxylic acids is 1. The highest BCUT2D eigenvalue weighted by Crippen LogP contribution is 2.36. The normalized spacial score (nSPS) is 10.4. The van der Waals surface area contributed by atoms with Gasteiger partial charge in [0.2, 0.25) is 0 Å². The number of amides is 1. The summed E-state index contributed by atoms with van der Waals surface area (Å²) in [5, 5.41) is 25.2. The average molecular weight is 403 g/mol. The molecule has 0 fully saturated rings. The molecule has 0 radical (unpaired) electrons. The van der Waals surface area contributed by atoms with Gasteiger partial charge in [-0.1, -0.05) is 23.7 Å². The second kappa shape index (κ2) is 7.56. The first kappa shape index (κ1) is 18.6. The smallest absolute Gasteiger partial charge is 0.339 e. The molecule has 0 bridgehead atoms. The number of carboxylic acid groups (broad SMARTS) is 1. The Morgan fingerprint density at radius 3 is 2.26 bits per heavy atom. The molecule has 0 spiro atoms. The molecule has 3 aromatic rings.